The first-order chi connectivity index (χ1) is 7.70. The summed E-state index contributed by atoms with van der Waals surface area (Å²) in [6, 6.07) is 3.77. The Balaban J connectivity index is 2.36. The molecule has 1 atom stereocenters. The summed E-state index contributed by atoms with van der Waals surface area (Å²) in [6.45, 7) is 2.88. The molecular weight excluding hydrogens is 206 g/mol. The van der Waals surface area contributed by atoms with Crippen molar-refractivity contribution in [3.8, 4) is 0 Å². The van der Waals surface area contributed by atoms with E-state index >= 15 is 0 Å². The second-order valence-corrected chi connectivity index (χ2v) is 4.18. The van der Waals surface area contributed by atoms with Gasteiger partial charge in [-0.1, -0.05) is 6.92 Å². The number of pyridine rings is 1. The smallest absolute Gasteiger partial charge is 0.307 e. The predicted octanol–water partition coefficient (Wildman–Crippen LogP) is 1.46. The lowest BCUT2D eigenvalue weighted by atomic mass is 9.68. The molecule has 1 aliphatic heterocycles. The molecule has 0 aliphatic carbocycles. The van der Waals surface area contributed by atoms with Crippen LogP contribution < -0.4 is 0 Å². The number of carboxylic acids is 1. The molecular formula is C12H15NO3. The molecule has 2 heterocycles. The summed E-state index contributed by atoms with van der Waals surface area (Å²) in [4.78, 5) is 15.2. The predicted molar refractivity (Wildman–Crippen MR) is 58.2 cm³/mol. The van der Waals surface area contributed by atoms with E-state index in [9.17, 15) is 9.90 Å². The van der Waals surface area contributed by atoms with Gasteiger partial charge in [0.15, 0.2) is 0 Å². The fourth-order valence-electron chi connectivity index (χ4n) is 2.38. The van der Waals surface area contributed by atoms with Crippen LogP contribution >= 0.6 is 0 Å². The highest BCUT2D eigenvalue weighted by atomic mass is 16.5. The lowest BCUT2D eigenvalue weighted by Crippen LogP contribution is -2.54. The van der Waals surface area contributed by atoms with Crippen LogP contribution in [0.2, 0.25) is 0 Å². The Morgan fingerprint density at radius 3 is 2.56 bits per heavy atom. The number of carbonyl (C=O) groups is 1. The summed E-state index contributed by atoms with van der Waals surface area (Å²) in [5.41, 5.74) is 0.659. The van der Waals surface area contributed by atoms with Gasteiger partial charge in [0.2, 0.25) is 0 Å². The van der Waals surface area contributed by atoms with Crippen molar-refractivity contribution < 1.29 is 14.6 Å². The van der Waals surface area contributed by atoms with Crippen molar-refractivity contribution in [1.82, 2.24) is 4.98 Å². The minimum Gasteiger partial charge on any atom is -0.481 e. The van der Waals surface area contributed by atoms with Crippen LogP contribution in [0.1, 0.15) is 18.9 Å². The molecule has 4 heteroatoms. The lowest BCUT2D eigenvalue weighted by Gasteiger charge is -2.45. The summed E-state index contributed by atoms with van der Waals surface area (Å²) in [6.07, 6.45) is 4.01. The van der Waals surface area contributed by atoms with Crippen LogP contribution in [-0.4, -0.2) is 29.3 Å². The van der Waals surface area contributed by atoms with E-state index in [1.165, 1.54) is 0 Å². The molecule has 1 N–H and O–H groups in total. The number of aromatic nitrogens is 1. The maximum atomic E-state index is 11.3. The third kappa shape index (κ3) is 1.59. The van der Waals surface area contributed by atoms with Crippen LogP contribution in [0.15, 0.2) is 24.5 Å². The highest BCUT2D eigenvalue weighted by Gasteiger charge is 2.49. The molecule has 0 bridgehead atoms. The van der Waals surface area contributed by atoms with E-state index in [4.69, 9.17) is 4.74 Å². The van der Waals surface area contributed by atoms with Gasteiger partial charge >= 0.3 is 5.97 Å². The van der Waals surface area contributed by atoms with Crippen LogP contribution in [0, 0.1) is 5.92 Å². The van der Waals surface area contributed by atoms with E-state index < -0.39 is 5.97 Å². The van der Waals surface area contributed by atoms with E-state index in [0.29, 0.717) is 19.6 Å². The number of aliphatic carboxylic acids is 1. The Labute approximate surface area is 94.3 Å². The zero-order valence-corrected chi connectivity index (χ0v) is 9.22. The van der Waals surface area contributed by atoms with Gasteiger partial charge in [-0.2, -0.15) is 0 Å². The minimum absolute atomic E-state index is 0.358. The highest BCUT2D eigenvalue weighted by molar-refractivity contribution is 5.73. The number of hydrogen-bond acceptors (Lipinski definition) is 3. The fraction of sp³-hybridized carbons (Fsp3) is 0.500. The third-order valence-electron chi connectivity index (χ3n) is 3.35. The van der Waals surface area contributed by atoms with Gasteiger partial charge in [-0.05, 0) is 24.1 Å². The highest BCUT2D eigenvalue weighted by Crippen LogP contribution is 2.41. The largest absolute Gasteiger partial charge is 0.481 e. The second-order valence-electron chi connectivity index (χ2n) is 4.18. The first-order valence-corrected chi connectivity index (χ1v) is 5.42. The number of ether oxygens (including phenoxy) is 1. The molecule has 4 nitrogen and oxygen atoms in total. The normalized spacial score (nSPS) is 19.8. The van der Waals surface area contributed by atoms with E-state index in [1.54, 1.807) is 12.4 Å². The van der Waals surface area contributed by atoms with E-state index in [1.807, 2.05) is 19.1 Å². The summed E-state index contributed by atoms with van der Waals surface area (Å²) >= 11 is 0. The molecule has 1 saturated heterocycles. The molecule has 1 fully saturated rings. The molecule has 1 aromatic heterocycles. The quantitative estimate of drug-likeness (QED) is 0.836. The summed E-state index contributed by atoms with van der Waals surface area (Å²) in [5, 5.41) is 9.26. The topological polar surface area (TPSA) is 59.4 Å². The minimum atomic E-state index is -0.748. The van der Waals surface area contributed by atoms with Gasteiger partial charge in [0, 0.05) is 12.4 Å². The maximum Gasteiger partial charge on any atom is 0.307 e. The van der Waals surface area contributed by atoms with Crippen LogP contribution in [-0.2, 0) is 14.9 Å². The number of hydrogen-bond donors (Lipinski definition) is 1. The van der Waals surface area contributed by atoms with Gasteiger partial charge in [0.05, 0.1) is 24.5 Å². The van der Waals surface area contributed by atoms with Crippen molar-refractivity contribution in [1.29, 1.82) is 0 Å². The van der Waals surface area contributed by atoms with Crippen molar-refractivity contribution >= 4 is 5.97 Å². The molecule has 16 heavy (non-hydrogen) atoms. The number of nitrogens with zero attached hydrogens (tertiary/aromatic N) is 1. The monoisotopic (exact) mass is 221 g/mol. The molecule has 86 valence electrons. The molecule has 1 aliphatic rings. The average molecular weight is 221 g/mol. The summed E-state index contributed by atoms with van der Waals surface area (Å²) < 4.78 is 5.24. The standard InChI is InChI=1S/C12H15NO3/c1-2-10(11(14)15)12(7-16-8-12)9-3-5-13-6-4-9/h3-6,10H,2,7-8H2,1H3,(H,14,15). The Bertz CT molecular complexity index is 373. The molecule has 1 unspecified atom stereocenters. The third-order valence-corrected chi connectivity index (χ3v) is 3.35. The SMILES string of the molecule is CCC(C(=O)O)C1(c2ccncc2)COC1. The molecule has 0 radical (unpaired) electrons. The molecule has 0 aromatic carbocycles. The van der Waals surface area contributed by atoms with E-state index in [-0.39, 0.29) is 11.3 Å². The van der Waals surface area contributed by atoms with Gasteiger partial charge in [-0.3, -0.25) is 9.78 Å². The van der Waals surface area contributed by atoms with Gasteiger partial charge < -0.3 is 9.84 Å². The summed E-state index contributed by atoms with van der Waals surface area (Å²) in [5.74, 6) is -1.13. The Kier molecular flexibility index (Phi) is 2.92. The van der Waals surface area contributed by atoms with Crippen molar-refractivity contribution in [2.24, 2.45) is 5.92 Å². The van der Waals surface area contributed by atoms with E-state index in [0.717, 1.165) is 5.56 Å². The Morgan fingerprint density at radius 2 is 2.19 bits per heavy atom. The zero-order chi connectivity index (χ0) is 11.6. The number of carboxylic acid groups (broad SMARTS) is 1. The second kappa shape index (κ2) is 4.22. The molecule has 2 rings (SSSR count). The maximum absolute atomic E-state index is 11.3. The summed E-state index contributed by atoms with van der Waals surface area (Å²) in [7, 11) is 0. The molecule has 0 amide bonds. The Hall–Kier alpha value is -1.42. The van der Waals surface area contributed by atoms with Crippen molar-refractivity contribution in [3.63, 3.8) is 0 Å². The van der Waals surface area contributed by atoms with Gasteiger partial charge in [0.25, 0.3) is 0 Å². The zero-order valence-electron chi connectivity index (χ0n) is 9.22. The van der Waals surface area contributed by atoms with Crippen molar-refractivity contribution in [3.05, 3.63) is 30.1 Å². The first kappa shape index (κ1) is 11.1. The van der Waals surface area contributed by atoms with Crippen LogP contribution in [0.3, 0.4) is 0 Å². The molecule has 0 spiro atoms. The van der Waals surface area contributed by atoms with Crippen molar-refractivity contribution in [2.45, 2.75) is 18.8 Å². The first-order valence-electron chi connectivity index (χ1n) is 5.42. The average Bonchev–Trinajstić information content (AvgIpc) is 2.23. The number of rotatable bonds is 4. The Morgan fingerprint density at radius 1 is 1.56 bits per heavy atom. The van der Waals surface area contributed by atoms with Crippen molar-refractivity contribution in [2.75, 3.05) is 13.2 Å². The van der Waals surface area contributed by atoms with Crippen LogP contribution in [0.25, 0.3) is 0 Å². The van der Waals surface area contributed by atoms with Gasteiger partial charge in [-0.25, -0.2) is 0 Å². The van der Waals surface area contributed by atoms with Gasteiger partial charge in [0.1, 0.15) is 0 Å². The fourth-order valence-corrected chi connectivity index (χ4v) is 2.38. The lowest BCUT2D eigenvalue weighted by molar-refractivity contribution is -0.157. The van der Waals surface area contributed by atoms with Crippen LogP contribution in [0.4, 0.5) is 0 Å². The van der Waals surface area contributed by atoms with E-state index in [2.05, 4.69) is 4.98 Å². The molecule has 1 aromatic rings. The molecule has 0 saturated carbocycles. The van der Waals surface area contributed by atoms with Crippen LogP contribution in [0.5, 0.6) is 0 Å². The van der Waals surface area contributed by atoms with Gasteiger partial charge in [-0.15, -0.1) is 0 Å².